The van der Waals surface area contributed by atoms with Crippen molar-refractivity contribution in [3.05, 3.63) is 92.3 Å². The molecule has 4 aromatic rings. The molecule has 0 saturated heterocycles. The number of ketones is 1. The Labute approximate surface area is 210 Å². The van der Waals surface area contributed by atoms with Crippen LogP contribution in [-0.2, 0) is 17.8 Å². The number of nitrogens with zero attached hydrogens (tertiary/aromatic N) is 3. The summed E-state index contributed by atoms with van der Waals surface area (Å²) in [5, 5.41) is 12.5. The average Bonchev–Trinajstić information content (AvgIpc) is 3.40. The van der Waals surface area contributed by atoms with Crippen LogP contribution in [0.25, 0.3) is 5.00 Å². The van der Waals surface area contributed by atoms with Crippen molar-refractivity contribution >= 4 is 52.1 Å². The van der Waals surface area contributed by atoms with Crippen LogP contribution in [0.1, 0.15) is 39.4 Å². The molecular weight excluding hydrogens is 495 g/mol. The highest BCUT2D eigenvalue weighted by Gasteiger charge is 2.24. The molecule has 0 unspecified atom stereocenters. The predicted molar refractivity (Wildman–Crippen MR) is 133 cm³/mol. The zero-order chi connectivity index (χ0) is 24.2. The lowest BCUT2D eigenvalue weighted by Gasteiger charge is -2.11. The number of halogens is 2. The molecule has 2 aromatic carbocycles. The summed E-state index contributed by atoms with van der Waals surface area (Å²) in [5.41, 5.74) is 1.41. The summed E-state index contributed by atoms with van der Waals surface area (Å²) in [6.45, 7) is 3.65. The van der Waals surface area contributed by atoms with Crippen molar-refractivity contribution in [1.82, 2.24) is 14.8 Å². The third-order valence-corrected chi connectivity index (χ3v) is 6.80. The number of thiophene rings is 1. The molecule has 2 heterocycles. The first-order valence-corrected chi connectivity index (χ1v) is 12.0. The molecule has 4 rings (SSSR count). The van der Waals surface area contributed by atoms with Gasteiger partial charge in [-0.05, 0) is 49.7 Å². The summed E-state index contributed by atoms with van der Waals surface area (Å²) in [6, 6.07) is 15.5. The van der Waals surface area contributed by atoms with Crippen LogP contribution in [0.3, 0.4) is 0 Å². The lowest BCUT2D eigenvalue weighted by atomic mass is 10.0. The van der Waals surface area contributed by atoms with Gasteiger partial charge in [0.05, 0.1) is 10.6 Å². The molecule has 2 aromatic heterocycles. The third-order valence-electron chi connectivity index (χ3n) is 4.97. The quantitative estimate of drug-likeness (QED) is 0.285. The fraction of sp³-hybridized carbons (Fsp3) is 0.167. The molecule has 0 atom stereocenters. The normalized spacial score (nSPS) is 10.8. The van der Waals surface area contributed by atoms with Crippen LogP contribution in [0.4, 0.5) is 10.5 Å². The maximum absolute atomic E-state index is 13.4. The molecule has 34 heavy (non-hydrogen) atoms. The van der Waals surface area contributed by atoms with E-state index in [9.17, 15) is 9.59 Å². The van der Waals surface area contributed by atoms with Crippen molar-refractivity contribution in [3.63, 3.8) is 0 Å². The van der Waals surface area contributed by atoms with E-state index in [1.54, 1.807) is 60.0 Å². The molecule has 0 aliphatic heterocycles. The highest BCUT2D eigenvalue weighted by Crippen LogP contribution is 2.32. The summed E-state index contributed by atoms with van der Waals surface area (Å²) in [5.74, 6) is 0.748. The zero-order valence-corrected chi connectivity index (χ0v) is 20.7. The average molecular weight is 515 g/mol. The van der Waals surface area contributed by atoms with Crippen molar-refractivity contribution in [2.45, 2.75) is 26.9 Å². The van der Waals surface area contributed by atoms with Crippen LogP contribution in [0.2, 0.25) is 10.0 Å². The number of anilines is 1. The number of amides is 1. The van der Waals surface area contributed by atoms with Gasteiger partial charge in [0.25, 0.3) is 0 Å². The molecular formula is C24H20Cl2N4O3S. The fourth-order valence-electron chi connectivity index (χ4n) is 3.34. The second-order valence-electron chi connectivity index (χ2n) is 7.30. The van der Waals surface area contributed by atoms with E-state index in [1.165, 1.54) is 11.3 Å². The summed E-state index contributed by atoms with van der Waals surface area (Å²) in [6.07, 6.45) is 0.0879. The SMILES string of the molecule is CCc1cc(C(=O)c2ccccc2Cl)c(-n2c(C)nnc2COC(=O)Nc2cccc(Cl)c2)s1. The first-order chi connectivity index (χ1) is 16.4. The highest BCUT2D eigenvalue weighted by atomic mass is 35.5. The Hall–Kier alpha value is -3.20. The zero-order valence-electron chi connectivity index (χ0n) is 18.3. The minimum atomic E-state index is -0.665. The van der Waals surface area contributed by atoms with Crippen LogP contribution >= 0.6 is 34.5 Å². The molecule has 174 valence electrons. The monoisotopic (exact) mass is 514 g/mol. The second-order valence-corrected chi connectivity index (χ2v) is 9.26. The van der Waals surface area contributed by atoms with Crippen LogP contribution in [-0.4, -0.2) is 26.6 Å². The van der Waals surface area contributed by atoms with Crippen LogP contribution in [0, 0.1) is 6.92 Å². The van der Waals surface area contributed by atoms with Gasteiger partial charge in [-0.3, -0.25) is 14.7 Å². The second kappa shape index (κ2) is 10.4. The van der Waals surface area contributed by atoms with Gasteiger partial charge in [0, 0.05) is 21.2 Å². The van der Waals surface area contributed by atoms with E-state index in [2.05, 4.69) is 15.5 Å². The van der Waals surface area contributed by atoms with E-state index in [0.717, 1.165) is 11.3 Å². The number of rotatable bonds is 7. The maximum Gasteiger partial charge on any atom is 0.412 e. The van der Waals surface area contributed by atoms with Crippen molar-refractivity contribution in [2.75, 3.05) is 5.32 Å². The number of hydrogen-bond acceptors (Lipinski definition) is 6. The van der Waals surface area contributed by atoms with Gasteiger partial charge in [-0.15, -0.1) is 21.5 Å². The first-order valence-electron chi connectivity index (χ1n) is 10.4. The predicted octanol–water partition coefficient (Wildman–Crippen LogP) is 6.49. The molecule has 1 amide bonds. The fourth-order valence-corrected chi connectivity index (χ4v) is 4.91. The van der Waals surface area contributed by atoms with Crippen molar-refractivity contribution in [2.24, 2.45) is 0 Å². The Morgan fingerprint density at radius 3 is 2.59 bits per heavy atom. The molecule has 0 spiro atoms. The Kier molecular flexibility index (Phi) is 7.31. The molecule has 0 aliphatic rings. The van der Waals surface area contributed by atoms with E-state index < -0.39 is 6.09 Å². The molecule has 0 bridgehead atoms. The smallest absolute Gasteiger partial charge is 0.412 e. The lowest BCUT2D eigenvalue weighted by Crippen LogP contribution is -2.16. The molecule has 1 N–H and O–H groups in total. The van der Waals surface area contributed by atoms with Gasteiger partial charge in [0.2, 0.25) is 0 Å². The largest absolute Gasteiger partial charge is 0.441 e. The molecule has 0 radical (unpaired) electrons. The first kappa shape index (κ1) is 23.9. The Balaban J connectivity index is 1.62. The van der Waals surface area contributed by atoms with E-state index in [1.807, 2.05) is 13.0 Å². The van der Waals surface area contributed by atoms with Crippen molar-refractivity contribution in [3.8, 4) is 5.00 Å². The van der Waals surface area contributed by atoms with Crippen LogP contribution in [0.5, 0.6) is 0 Å². The van der Waals surface area contributed by atoms with Gasteiger partial charge in [0.1, 0.15) is 10.8 Å². The van der Waals surface area contributed by atoms with Crippen molar-refractivity contribution < 1.29 is 14.3 Å². The van der Waals surface area contributed by atoms with Gasteiger partial charge < -0.3 is 4.74 Å². The molecule has 0 saturated carbocycles. The summed E-state index contributed by atoms with van der Waals surface area (Å²) < 4.78 is 7.10. The van der Waals surface area contributed by atoms with Gasteiger partial charge in [0.15, 0.2) is 18.2 Å². The van der Waals surface area contributed by atoms with Gasteiger partial charge >= 0.3 is 6.09 Å². The number of hydrogen-bond donors (Lipinski definition) is 1. The standard InChI is InChI=1S/C24H20Cl2N4O3S/c1-3-17-12-19(22(31)18-9-4-5-10-20(18)26)23(34-17)30-14(2)28-29-21(30)13-33-24(32)27-16-8-6-7-15(25)11-16/h4-12H,3,13H2,1-2H3,(H,27,32). The van der Waals surface area contributed by atoms with Gasteiger partial charge in [-0.2, -0.15) is 0 Å². The molecule has 0 aliphatic carbocycles. The minimum Gasteiger partial charge on any atom is -0.441 e. The number of carbonyl (C=O) groups excluding carboxylic acids is 2. The summed E-state index contributed by atoms with van der Waals surface area (Å²) >= 11 is 13.7. The number of aryl methyl sites for hydroxylation is 2. The highest BCUT2D eigenvalue weighted by molar-refractivity contribution is 7.15. The Morgan fingerprint density at radius 2 is 1.85 bits per heavy atom. The van der Waals surface area contributed by atoms with Crippen molar-refractivity contribution in [1.29, 1.82) is 0 Å². The number of nitrogens with one attached hydrogen (secondary N) is 1. The molecule has 10 heteroatoms. The van der Waals surface area contributed by atoms with E-state index in [-0.39, 0.29) is 12.4 Å². The van der Waals surface area contributed by atoms with Crippen LogP contribution < -0.4 is 5.32 Å². The number of carbonyl (C=O) groups is 2. The summed E-state index contributed by atoms with van der Waals surface area (Å²) in [4.78, 5) is 26.7. The van der Waals surface area contributed by atoms with E-state index in [4.69, 9.17) is 27.9 Å². The number of benzene rings is 2. The topological polar surface area (TPSA) is 86.1 Å². The Morgan fingerprint density at radius 1 is 1.06 bits per heavy atom. The number of ether oxygens (including phenoxy) is 1. The van der Waals surface area contributed by atoms with Gasteiger partial charge in [-0.25, -0.2) is 4.79 Å². The third kappa shape index (κ3) is 5.14. The maximum atomic E-state index is 13.4. The Bertz CT molecular complexity index is 1370. The van der Waals surface area contributed by atoms with Gasteiger partial charge in [-0.1, -0.05) is 48.3 Å². The molecule has 7 nitrogen and oxygen atoms in total. The van der Waals surface area contributed by atoms with Crippen LogP contribution in [0.15, 0.2) is 54.6 Å². The number of aromatic nitrogens is 3. The lowest BCUT2D eigenvalue weighted by molar-refractivity contribution is 0.103. The van der Waals surface area contributed by atoms with E-state index >= 15 is 0 Å². The minimum absolute atomic E-state index is 0.147. The summed E-state index contributed by atoms with van der Waals surface area (Å²) in [7, 11) is 0. The molecule has 0 fully saturated rings. The van der Waals surface area contributed by atoms with E-state index in [0.29, 0.717) is 43.5 Å².